The maximum absolute atomic E-state index is 12.6. The number of amides is 1. The molecule has 4 bridgehead atoms. The van der Waals surface area contributed by atoms with Crippen molar-refractivity contribution in [1.29, 1.82) is 0 Å². The Balaban J connectivity index is 1.51. The zero-order valence-corrected chi connectivity index (χ0v) is 12.0. The highest BCUT2D eigenvalue weighted by Crippen LogP contribution is 2.56. The molecule has 0 aromatic carbocycles. The molecule has 5 heteroatoms. The van der Waals surface area contributed by atoms with Gasteiger partial charge in [0, 0.05) is 12.1 Å². The SMILES string of the molecule is O=C(Nc1nccc(Cl)n1)C1C2CC3CC(C2)CC1C3. The minimum absolute atomic E-state index is 0.0982. The van der Waals surface area contributed by atoms with Crippen molar-refractivity contribution in [2.45, 2.75) is 32.1 Å². The fourth-order valence-electron chi connectivity index (χ4n) is 4.94. The van der Waals surface area contributed by atoms with Crippen LogP contribution in [0.4, 0.5) is 5.95 Å². The molecule has 0 saturated heterocycles. The maximum Gasteiger partial charge on any atom is 0.230 e. The Morgan fingerprint density at radius 3 is 2.40 bits per heavy atom. The van der Waals surface area contributed by atoms with Crippen molar-refractivity contribution in [2.24, 2.45) is 29.6 Å². The fraction of sp³-hybridized carbons (Fsp3) is 0.667. The molecule has 0 aliphatic heterocycles. The molecule has 1 N–H and O–H groups in total. The molecule has 1 amide bonds. The summed E-state index contributed by atoms with van der Waals surface area (Å²) >= 11 is 5.83. The molecule has 4 aliphatic carbocycles. The highest BCUT2D eigenvalue weighted by atomic mass is 35.5. The Labute approximate surface area is 123 Å². The second-order valence-corrected chi connectivity index (χ2v) is 7.04. The molecule has 1 heterocycles. The molecule has 1 aromatic heterocycles. The molecule has 4 fully saturated rings. The van der Waals surface area contributed by atoms with Crippen LogP contribution in [-0.2, 0) is 4.79 Å². The summed E-state index contributed by atoms with van der Waals surface area (Å²) in [6.07, 6.45) is 7.92. The molecule has 1 aromatic rings. The zero-order valence-electron chi connectivity index (χ0n) is 11.3. The van der Waals surface area contributed by atoms with Gasteiger partial charge in [-0.25, -0.2) is 9.97 Å². The van der Waals surface area contributed by atoms with E-state index in [0.29, 0.717) is 22.9 Å². The molecule has 4 nitrogen and oxygen atoms in total. The van der Waals surface area contributed by atoms with Crippen molar-refractivity contribution < 1.29 is 4.79 Å². The number of hydrogen-bond acceptors (Lipinski definition) is 3. The lowest BCUT2D eigenvalue weighted by Gasteiger charge is -2.53. The quantitative estimate of drug-likeness (QED) is 0.852. The lowest BCUT2D eigenvalue weighted by atomic mass is 9.51. The van der Waals surface area contributed by atoms with Gasteiger partial charge in [0.05, 0.1) is 0 Å². The van der Waals surface area contributed by atoms with Crippen molar-refractivity contribution in [3.05, 3.63) is 17.4 Å². The normalized spacial score (nSPS) is 38.0. The van der Waals surface area contributed by atoms with E-state index in [4.69, 9.17) is 11.6 Å². The van der Waals surface area contributed by atoms with Gasteiger partial charge in [0.1, 0.15) is 5.15 Å². The smallest absolute Gasteiger partial charge is 0.230 e. The summed E-state index contributed by atoms with van der Waals surface area (Å²) in [7, 11) is 0. The molecule has 0 radical (unpaired) electrons. The number of nitrogens with one attached hydrogen (secondary N) is 1. The van der Waals surface area contributed by atoms with Crippen LogP contribution in [0.25, 0.3) is 0 Å². The van der Waals surface area contributed by atoms with Crippen molar-refractivity contribution >= 4 is 23.5 Å². The van der Waals surface area contributed by atoms with E-state index in [2.05, 4.69) is 15.3 Å². The third-order valence-electron chi connectivity index (χ3n) is 5.39. The van der Waals surface area contributed by atoms with Crippen LogP contribution >= 0.6 is 11.6 Å². The number of nitrogens with zero attached hydrogens (tertiary/aromatic N) is 2. The predicted octanol–water partition coefficient (Wildman–Crippen LogP) is 3.14. The van der Waals surface area contributed by atoms with Crippen LogP contribution < -0.4 is 5.32 Å². The highest BCUT2D eigenvalue weighted by Gasteiger charge is 2.50. The van der Waals surface area contributed by atoms with Gasteiger partial charge >= 0.3 is 0 Å². The number of carbonyl (C=O) groups is 1. The van der Waals surface area contributed by atoms with Crippen molar-refractivity contribution in [3.8, 4) is 0 Å². The Hall–Kier alpha value is -1.16. The van der Waals surface area contributed by atoms with Crippen LogP contribution in [0.5, 0.6) is 0 Å². The lowest BCUT2D eigenvalue weighted by molar-refractivity contribution is -0.132. The van der Waals surface area contributed by atoms with Gasteiger partial charge in [-0.2, -0.15) is 0 Å². The number of halogens is 1. The van der Waals surface area contributed by atoms with Crippen LogP contribution in [0.3, 0.4) is 0 Å². The average Bonchev–Trinajstić information content (AvgIpc) is 2.37. The number of anilines is 1. The van der Waals surface area contributed by atoms with E-state index in [1.54, 1.807) is 12.3 Å². The van der Waals surface area contributed by atoms with E-state index < -0.39 is 0 Å². The van der Waals surface area contributed by atoms with Gasteiger partial charge in [-0.1, -0.05) is 11.6 Å². The average molecular weight is 292 g/mol. The van der Waals surface area contributed by atoms with Gasteiger partial charge in [0.25, 0.3) is 0 Å². The molecule has 5 rings (SSSR count). The molecule has 0 atom stereocenters. The van der Waals surface area contributed by atoms with Gasteiger partial charge in [-0.3, -0.25) is 10.1 Å². The minimum atomic E-state index is 0.0982. The summed E-state index contributed by atoms with van der Waals surface area (Å²) < 4.78 is 0. The van der Waals surface area contributed by atoms with Crippen molar-refractivity contribution in [3.63, 3.8) is 0 Å². The summed E-state index contributed by atoms with van der Waals surface area (Å²) in [6, 6.07) is 1.61. The molecule has 0 unspecified atom stereocenters. The largest absolute Gasteiger partial charge is 0.294 e. The summed E-state index contributed by atoms with van der Waals surface area (Å²) in [5.74, 6) is 3.49. The van der Waals surface area contributed by atoms with E-state index >= 15 is 0 Å². The van der Waals surface area contributed by atoms with Crippen LogP contribution in [0.1, 0.15) is 32.1 Å². The molecule has 20 heavy (non-hydrogen) atoms. The van der Waals surface area contributed by atoms with Gasteiger partial charge in [-0.15, -0.1) is 0 Å². The van der Waals surface area contributed by atoms with Crippen molar-refractivity contribution in [2.75, 3.05) is 5.32 Å². The van der Waals surface area contributed by atoms with Gasteiger partial charge in [-0.05, 0) is 61.8 Å². The summed E-state index contributed by atoms with van der Waals surface area (Å²) in [6.45, 7) is 0. The van der Waals surface area contributed by atoms with E-state index in [0.717, 1.165) is 11.8 Å². The summed E-state index contributed by atoms with van der Waals surface area (Å²) in [5.41, 5.74) is 0. The third-order valence-corrected chi connectivity index (χ3v) is 5.60. The lowest BCUT2D eigenvalue weighted by Crippen LogP contribution is -2.49. The van der Waals surface area contributed by atoms with E-state index in [1.807, 2.05) is 0 Å². The van der Waals surface area contributed by atoms with Gasteiger partial charge < -0.3 is 0 Å². The molecule has 4 saturated carbocycles. The Morgan fingerprint density at radius 2 is 1.80 bits per heavy atom. The van der Waals surface area contributed by atoms with Gasteiger partial charge in [0.15, 0.2) is 0 Å². The number of rotatable bonds is 2. The van der Waals surface area contributed by atoms with Crippen LogP contribution in [0.2, 0.25) is 5.15 Å². The minimum Gasteiger partial charge on any atom is -0.294 e. The Bertz CT molecular complexity index is 520. The van der Waals surface area contributed by atoms with E-state index in [9.17, 15) is 4.79 Å². The van der Waals surface area contributed by atoms with Crippen LogP contribution in [0.15, 0.2) is 12.3 Å². The first-order valence-electron chi connectivity index (χ1n) is 7.48. The Kier molecular flexibility index (Phi) is 2.95. The molecule has 106 valence electrons. The molecule has 4 aliphatic rings. The number of aromatic nitrogens is 2. The van der Waals surface area contributed by atoms with Crippen molar-refractivity contribution in [1.82, 2.24) is 9.97 Å². The van der Waals surface area contributed by atoms with Crippen LogP contribution in [0, 0.1) is 29.6 Å². The molecular formula is C15H18ClN3O. The summed E-state index contributed by atoms with van der Waals surface area (Å²) in [4.78, 5) is 20.7. The van der Waals surface area contributed by atoms with Crippen LogP contribution in [-0.4, -0.2) is 15.9 Å². The van der Waals surface area contributed by atoms with E-state index in [-0.39, 0.29) is 11.8 Å². The zero-order chi connectivity index (χ0) is 13.7. The first kappa shape index (κ1) is 12.6. The first-order chi connectivity index (χ1) is 9.69. The molecular weight excluding hydrogens is 274 g/mol. The topological polar surface area (TPSA) is 54.9 Å². The highest BCUT2D eigenvalue weighted by molar-refractivity contribution is 6.29. The number of carbonyl (C=O) groups excluding carboxylic acids is 1. The van der Waals surface area contributed by atoms with E-state index in [1.165, 1.54) is 32.1 Å². The monoisotopic (exact) mass is 291 g/mol. The Morgan fingerprint density at radius 1 is 1.15 bits per heavy atom. The number of hydrogen-bond donors (Lipinski definition) is 1. The first-order valence-corrected chi connectivity index (χ1v) is 7.86. The van der Waals surface area contributed by atoms with Gasteiger partial charge in [0.2, 0.25) is 11.9 Å². The third kappa shape index (κ3) is 2.10. The fourth-order valence-corrected chi connectivity index (χ4v) is 5.08. The predicted molar refractivity (Wildman–Crippen MR) is 76.2 cm³/mol. The maximum atomic E-state index is 12.6. The second kappa shape index (κ2) is 4.69. The molecule has 0 spiro atoms. The second-order valence-electron chi connectivity index (χ2n) is 6.65. The summed E-state index contributed by atoms with van der Waals surface area (Å²) in [5, 5.41) is 3.23. The standard InChI is InChI=1S/C15H18ClN3O/c16-12-1-2-17-15(18-12)19-14(20)13-10-4-8-3-9(6-10)7-11(13)5-8/h1-2,8-11,13H,3-7H2,(H,17,18,19,20).